The fourth-order valence-electron chi connectivity index (χ4n) is 6.14. The average Bonchev–Trinajstić information content (AvgIpc) is 3.39. The first kappa shape index (κ1) is 21.0. The van der Waals surface area contributed by atoms with Crippen molar-refractivity contribution in [1.82, 2.24) is 0 Å². The Balaban J connectivity index is 1.76. The molecule has 2 aromatic carbocycles. The van der Waals surface area contributed by atoms with Gasteiger partial charge in [-0.1, -0.05) is 78.5 Å². The van der Waals surface area contributed by atoms with Crippen LogP contribution < -0.4 is 10.4 Å². The van der Waals surface area contributed by atoms with Crippen LogP contribution in [0.5, 0.6) is 0 Å². The Morgan fingerprint density at radius 3 is 2.19 bits per heavy atom. The summed E-state index contributed by atoms with van der Waals surface area (Å²) in [6, 6.07) is 15.6. The highest BCUT2D eigenvalue weighted by molar-refractivity contribution is 7.03. The molecule has 1 heterocycles. The number of allylic oxidation sites excluding steroid dienone is 1. The van der Waals surface area contributed by atoms with E-state index in [1.54, 1.807) is 22.0 Å². The standard InChI is InChI=1S/C27H34O2Si2/c1-17-13-24-25(31(4,5)12-11-30(24,2)3)16-22(17)26(21-10-9-18-15-23(18)21)19-7-6-8-20(14-19)27(28)29/h6-8,13-14,16,18,23H,9-12,15H2,1-5H3,(H,28,29). The van der Waals surface area contributed by atoms with Gasteiger partial charge in [0.15, 0.2) is 0 Å². The molecule has 4 heteroatoms. The van der Waals surface area contributed by atoms with E-state index in [2.05, 4.69) is 51.3 Å². The van der Waals surface area contributed by atoms with E-state index in [9.17, 15) is 9.90 Å². The van der Waals surface area contributed by atoms with Crippen molar-refractivity contribution < 1.29 is 9.90 Å². The SMILES string of the molecule is Cc1cc2c(cc1C(=C1CCC3CC13)c1cccc(C(=O)O)c1)[Si](C)(C)CC[Si]2(C)C. The molecule has 0 amide bonds. The molecule has 3 aliphatic rings. The van der Waals surface area contributed by atoms with E-state index < -0.39 is 22.1 Å². The molecule has 0 spiro atoms. The Labute approximate surface area is 188 Å². The minimum absolute atomic E-state index is 0.389. The van der Waals surface area contributed by atoms with Crippen LogP contribution in [0, 0.1) is 18.8 Å². The van der Waals surface area contributed by atoms with E-state index in [-0.39, 0.29) is 0 Å². The van der Waals surface area contributed by atoms with Crippen LogP contribution >= 0.6 is 0 Å². The molecule has 1 aliphatic heterocycles. The van der Waals surface area contributed by atoms with Gasteiger partial charge in [-0.15, -0.1) is 0 Å². The number of carboxylic acid groups (broad SMARTS) is 1. The molecule has 0 saturated heterocycles. The lowest BCUT2D eigenvalue weighted by molar-refractivity contribution is 0.0697. The molecule has 31 heavy (non-hydrogen) atoms. The van der Waals surface area contributed by atoms with Crippen molar-refractivity contribution in [3.63, 3.8) is 0 Å². The van der Waals surface area contributed by atoms with Crippen molar-refractivity contribution in [2.45, 2.75) is 64.5 Å². The van der Waals surface area contributed by atoms with Crippen molar-refractivity contribution in [2.75, 3.05) is 0 Å². The van der Waals surface area contributed by atoms with Gasteiger partial charge in [0, 0.05) is 0 Å². The highest BCUT2D eigenvalue weighted by Gasteiger charge is 2.46. The number of hydrogen-bond acceptors (Lipinski definition) is 1. The normalized spacial score (nSPS) is 26.7. The summed E-state index contributed by atoms with van der Waals surface area (Å²) in [7, 11) is -2.85. The molecule has 2 fully saturated rings. The predicted octanol–water partition coefficient (Wildman–Crippen LogP) is 5.77. The summed E-state index contributed by atoms with van der Waals surface area (Å²) in [5, 5.41) is 13.0. The van der Waals surface area contributed by atoms with Crippen LogP contribution in [-0.2, 0) is 0 Å². The van der Waals surface area contributed by atoms with Gasteiger partial charge < -0.3 is 5.11 Å². The number of carboxylic acids is 1. The van der Waals surface area contributed by atoms with E-state index in [1.165, 1.54) is 48.1 Å². The molecule has 0 aromatic heterocycles. The van der Waals surface area contributed by atoms with Crippen LogP contribution in [0.3, 0.4) is 0 Å². The zero-order chi connectivity index (χ0) is 22.1. The summed E-state index contributed by atoms with van der Waals surface area (Å²) in [4.78, 5) is 11.7. The first-order valence-corrected chi connectivity index (χ1v) is 18.2. The van der Waals surface area contributed by atoms with Crippen molar-refractivity contribution in [3.05, 3.63) is 64.2 Å². The molecule has 5 rings (SSSR count). The molecule has 2 aromatic rings. The fourth-order valence-corrected chi connectivity index (χ4v) is 16.5. The lowest BCUT2D eigenvalue weighted by Crippen LogP contribution is -2.63. The van der Waals surface area contributed by atoms with Gasteiger partial charge in [-0.2, -0.15) is 0 Å². The summed E-state index contributed by atoms with van der Waals surface area (Å²) in [5.41, 5.74) is 7.16. The van der Waals surface area contributed by atoms with Crippen molar-refractivity contribution in [1.29, 1.82) is 0 Å². The highest BCUT2D eigenvalue weighted by atomic mass is 28.3. The van der Waals surface area contributed by atoms with Crippen molar-refractivity contribution >= 4 is 38.1 Å². The Kier molecular flexibility index (Phi) is 4.76. The Hall–Kier alpha value is -1.92. The lowest BCUT2D eigenvalue weighted by atomic mass is 9.87. The van der Waals surface area contributed by atoms with E-state index in [0.717, 1.165) is 17.4 Å². The summed E-state index contributed by atoms with van der Waals surface area (Å²) >= 11 is 0. The topological polar surface area (TPSA) is 37.3 Å². The van der Waals surface area contributed by atoms with E-state index in [0.29, 0.717) is 5.56 Å². The van der Waals surface area contributed by atoms with Crippen molar-refractivity contribution in [3.8, 4) is 0 Å². The summed E-state index contributed by atoms with van der Waals surface area (Å²) < 4.78 is 0. The van der Waals surface area contributed by atoms with Gasteiger partial charge in [-0.3, -0.25) is 0 Å². The number of carbonyl (C=O) groups is 1. The number of fused-ring (bicyclic) bond motifs is 2. The van der Waals surface area contributed by atoms with E-state index >= 15 is 0 Å². The molecule has 2 aliphatic carbocycles. The fraction of sp³-hybridized carbons (Fsp3) is 0.444. The molecule has 0 bridgehead atoms. The third-order valence-electron chi connectivity index (χ3n) is 8.34. The second kappa shape index (κ2) is 7.04. The minimum atomic E-state index is -1.46. The maximum Gasteiger partial charge on any atom is 0.335 e. The van der Waals surface area contributed by atoms with E-state index in [1.807, 2.05) is 12.1 Å². The molecule has 2 nitrogen and oxygen atoms in total. The predicted molar refractivity (Wildman–Crippen MR) is 135 cm³/mol. The van der Waals surface area contributed by atoms with E-state index in [4.69, 9.17) is 0 Å². The molecule has 0 radical (unpaired) electrons. The largest absolute Gasteiger partial charge is 0.478 e. The molecule has 2 unspecified atom stereocenters. The minimum Gasteiger partial charge on any atom is -0.478 e. The molecular formula is C27H34O2Si2. The lowest BCUT2D eigenvalue weighted by Gasteiger charge is -2.40. The Morgan fingerprint density at radius 1 is 0.968 bits per heavy atom. The first-order chi connectivity index (χ1) is 14.6. The maximum absolute atomic E-state index is 11.7. The molecule has 1 N–H and O–H groups in total. The molecule has 162 valence electrons. The first-order valence-electron chi connectivity index (χ1n) is 11.8. The molecular weight excluding hydrogens is 412 g/mol. The summed E-state index contributed by atoms with van der Waals surface area (Å²) in [5.74, 6) is 0.739. The van der Waals surface area contributed by atoms with Crippen molar-refractivity contribution in [2.24, 2.45) is 11.8 Å². The van der Waals surface area contributed by atoms with Gasteiger partial charge in [-0.25, -0.2) is 4.79 Å². The number of aromatic carboxylic acids is 1. The average molecular weight is 447 g/mol. The van der Waals surface area contributed by atoms with Gasteiger partial charge in [0.2, 0.25) is 0 Å². The number of hydrogen-bond donors (Lipinski definition) is 1. The van der Waals surface area contributed by atoms with Crippen LogP contribution in [0.25, 0.3) is 5.57 Å². The maximum atomic E-state index is 11.7. The molecule has 2 atom stereocenters. The van der Waals surface area contributed by atoms with Crippen LogP contribution in [-0.4, -0.2) is 27.2 Å². The Morgan fingerprint density at radius 2 is 1.61 bits per heavy atom. The second-order valence-electron chi connectivity index (χ2n) is 11.4. The van der Waals surface area contributed by atoms with Crippen LogP contribution in [0.15, 0.2) is 42.0 Å². The number of rotatable bonds is 3. The quantitative estimate of drug-likeness (QED) is 0.608. The zero-order valence-corrected chi connectivity index (χ0v) is 21.5. The second-order valence-corrected chi connectivity index (χ2v) is 21.0. The van der Waals surface area contributed by atoms with Gasteiger partial charge >= 0.3 is 5.97 Å². The number of aryl methyl sites for hydroxylation is 1. The summed E-state index contributed by atoms with van der Waals surface area (Å²) in [6.07, 6.45) is 3.79. The smallest absolute Gasteiger partial charge is 0.335 e. The van der Waals surface area contributed by atoms with Gasteiger partial charge in [0.05, 0.1) is 21.7 Å². The number of benzene rings is 2. The zero-order valence-electron chi connectivity index (χ0n) is 19.5. The van der Waals surface area contributed by atoms with Gasteiger partial charge in [0.1, 0.15) is 0 Å². The van der Waals surface area contributed by atoms with Gasteiger partial charge in [0.25, 0.3) is 0 Å². The third-order valence-corrected chi connectivity index (χ3v) is 15.8. The van der Waals surface area contributed by atoms with Crippen LogP contribution in [0.4, 0.5) is 0 Å². The Bertz CT molecular complexity index is 1130. The monoisotopic (exact) mass is 446 g/mol. The van der Waals surface area contributed by atoms with Crippen LogP contribution in [0.1, 0.15) is 46.3 Å². The van der Waals surface area contributed by atoms with Gasteiger partial charge in [-0.05, 0) is 72.4 Å². The highest BCUT2D eigenvalue weighted by Crippen LogP contribution is 2.57. The summed E-state index contributed by atoms with van der Waals surface area (Å²) in [6.45, 7) is 12.4. The third kappa shape index (κ3) is 3.48. The molecule has 2 saturated carbocycles. The van der Waals surface area contributed by atoms with Crippen LogP contribution in [0.2, 0.25) is 38.3 Å².